The van der Waals surface area contributed by atoms with Crippen molar-refractivity contribution in [3.8, 4) is 11.4 Å². The number of pyridine rings is 2. The van der Waals surface area contributed by atoms with Crippen molar-refractivity contribution in [1.29, 1.82) is 0 Å². The van der Waals surface area contributed by atoms with Crippen LogP contribution in [0.2, 0.25) is 0 Å². The third kappa shape index (κ3) is 5.63. The molecule has 3 aromatic heterocycles. The van der Waals surface area contributed by atoms with Gasteiger partial charge in [0.05, 0.1) is 28.7 Å². The molecule has 4 heterocycles. The van der Waals surface area contributed by atoms with Gasteiger partial charge in [0.25, 0.3) is 0 Å². The van der Waals surface area contributed by atoms with Crippen LogP contribution in [0.1, 0.15) is 31.2 Å². The minimum absolute atomic E-state index is 0.235. The first-order chi connectivity index (χ1) is 18.5. The maximum atomic E-state index is 14.2. The molecule has 4 N–H and O–H groups in total. The Bertz CT molecular complexity index is 1520. The lowest BCUT2D eigenvalue weighted by Gasteiger charge is -2.36. The van der Waals surface area contributed by atoms with Crippen LogP contribution in [0.4, 0.5) is 24.8 Å². The van der Waals surface area contributed by atoms with Crippen molar-refractivity contribution >= 4 is 22.7 Å². The molecule has 1 aliphatic heterocycles. The zero-order valence-electron chi connectivity index (χ0n) is 21.4. The average Bonchev–Trinajstić information content (AvgIpc) is 2.90. The van der Waals surface area contributed by atoms with Crippen molar-refractivity contribution in [2.45, 2.75) is 32.1 Å². The maximum absolute atomic E-state index is 14.2. The molecular formula is C27H28F3N7O2. The summed E-state index contributed by atoms with van der Waals surface area (Å²) in [5.74, 6) is -1.65. The van der Waals surface area contributed by atoms with E-state index in [9.17, 15) is 23.4 Å². The number of benzene rings is 1. The number of halogens is 3. The van der Waals surface area contributed by atoms with Crippen LogP contribution in [0, 0.1) is 17.5 Å². The summed E-state index contributed by atoms with van der Waals surface area (Å²) >= 11 is 0. The van der Waals surface area contributed by atoms with Gasteiger partial charge in [-0.1, -0.05) is 6.07 Å². The molecule has 1 unspecified atom stereocenters. The molecule has 1 aliphatic rings. The maximum Gasteiger partial charge on any atom is 0.165 e. The fourth-order valence-electron chi connectivity index (χ4n) is 4.47. The first-order valence-corrected chi connectivity index (χ1v) is 12.4. The van der Waals surface area contributed by atoms with E-state index < -0.39 is 29.2 Å². The Labute approximate surface area is 222 Å². The average molecular weight is 540 g/mol. The Morgan fingerprint density at radius 2 is 1.69 bits per heavy atom. The molecule has 5 rings (SSSR count). The van der Waals surface area contributed by atoms with Crippen LogP contribution >= 0.6 is 0 Å². The standard InChI is InChI=1S/C27H28F3N7O2/c1-27(2,39)24(38)21-12-20-22(13-32-21)33-23(19-6-5-17(29)25(31)34-19)26(35-20)37-9-7-36(8-10-37)14-15-3-4-16(28)11-18(15)30/h3-6,11-13,24,38-39H,7-10,14H2,1-2H3,(H2,31,34). The van der Waals surface area contributed by atoms with Gasteiger partial charge < -0.3 is 20.8 Å². The molecule has 1 fully saturated rings. The molecule has 0 spiro atoms. The van der Waals surface area contributed by atoms with Crippen molar-refractivity contribution in [2.24, 2.45) is 0 Å². The van der Waals surface area contributed by atoms with Gasteiger partial charge in [-0.2, -0.15) is 0 Å². The Balaban J connectivity index is 1.48. The molecule has 1 saturated heterocycles. The van der Waals surface area contributed by atoms with Crippen LogP contribution in [0.25, 0.3) is 22.4 Å². The molecule has 0 bridgehead atoms. The molecule has 0 radical (unpaired) electrons. The smallest absolute Gasteiger partial charge is 0.165 e. The molecule has 0 saturated carbocycles. The number of fused-ring (bicyclic) bond motifs is 1. The summed E-state index contributed by atoms with van der Waals surface area (Å²) in [5.41, 5.74) is 6.51. The Kier molecular flexibility index (Phi) is 7.10. The van der Waals surface area contributed by atoms with E-state index in [-0.39, 0.29) is 11.5 Å². The Morgan fingerprint density at radius 1 is 0.949 bits per heavy atom. The van der Waals surface area contributed by atoms with Gasteiger partial charge in [0.2, 0.25) is 0 Å². The number of nitrogens with two attached hydrogens (primary N) is 1. The fourth-order valence-corrected chi connectivity index (χ4v) is 4.47. The largest absolute Gasteiger partial charge is 0.387 e. The fraction of sp³-hybridized carbons (Fsp3) is 0.333. The van der Waals surface area contributed by atoms with E-state index in [1.165, 1.54) is 44.3 Å². The van der Waals surface area contributed by atoms with Crippen LogP contribution in [-0.2, 0) is 6.54 Å². The predicted molar refractivity (Wildman–Crippen MR) is 140 cm³/mol. The molecule has 39 heavy (non-hydrogen) atoms. The third-order valence-electron chi connectivity index (χ3n) is 6.70. The number of hydrogen-bond donors (Lipinski definition) is 3. The van der Waals surface area contributed by atoms with E-state index in [1.807, 2.05) is 4.90 Å². The molecule has 0 amide bonds. The van der Waals surface area contributed by atoms with Gasteiger partial charge in [-0.05, 0) is 38.1 Å². The number of rotatable bonds is 6. The molecule has 4 aromatic rings. The van der Waals surface area contributed by atoms with E-state index in [2.05, 4.69) is 14.9 Å². The highest BCUT2D eigenvalue weighted by atomic mass is 19.1. The first kappa shape index (κ1) is 26.7. The summed E-state index contributed by atoms with van der Waals surface area (Å²) in [6.45, 7) is 5.43. The highest BCUT2D eigenvalue weighted by Gasteiger charge is 2.29. The Morgan fingerprint density at radius 3 is 2.36 bits per heavy atom. The molecule has 1 aromatic carbocycles. The van der Waals surface area contributed by atoms with Crippen LogP contribution in [0.3, 0.4) is 0 Å². The lowest BCUT2D eigenvalue weighted by atomic mass is 9.98. The molecule has 0 aliphatic carbocycles. The number of hydrogen-bond acceptors (Lipinski definition) is 9. The van der Waals surface area contributed by atoms with Crippen molar-refractivity contribution < 1.29 is 23.4 Å². The lowest BCUT2D eigenvalue weighted by molar-refractivity contribution is -0.0516. The van der Waals surface area contributed by atoms with Gasteiger partial charge in [0, 0.05) is 44.4 Å². The van der Waals surface area contributed by atoms with Crippen LogP contribution in [0.15, 0.2) is 42.6 Å². The minimum Gasteiger partial charge on any atom is -0.387 e. The number of aliphatic hydroxyl groups is 2. The number of aliphatic hydroxyl groups excluding tert-OH is 1. The molecule has 1 atom stereocenters. The SMILES string of the molecule is CC(C)(O)C(O)c1cc2nc(N3CCN(Cc4ccc(F)cc4F)CC3)c(-c3ccc(F)c(N)n3)nc2cn1. The predicted octanol–water partition coefficient (Wildman–Crippen LogP) is 3.21. The Hall–Kier alpha value is -3.87. The zero-order chi connectivity index (χ0) is 27.9. The second-order valence-electron chi connectivity index (χ2n) is 10.1. The van der Waals surface area contributed by atoms with Crippen molar-refractivity contribution in [1.82, 2.24) is 24.8 Å². The third-order valence-corrected chi connectivity index (χ3v) is 6.70. The van der Waals surface area contributed by atoms with Crippen molar-refractivity contribution in [2.75, 3.05) is 36.8 Å². The normalized spacial score (nSPS) is 15.6. The van der Waals surface area contributed by atoms with Gasteiger partial charge >= 0.3 is 0 Å². The number of piperazine rings is 1. The highest BCUT2D eigenvalue weighted by Crippen LogP contribution is 2.32. The quantitative estimate of drug-likeness (QED) is 0.339. The molecule has 12 heteroatoms. The second-order valence-corrected chi connectivity index (χ2v) is 10.1. The summed E-state index contributed by atoms with van der Waals surface area (Å²) in [7, 11) is 0. The topological polar surface area (TPSA) is 125 Å². The van der Waals surface area contributed by atoms with E-state index in [4.69, 9.17) is 15.7 Å². The number of aromatic nitrogens is 4. The monoisotopic (exact) mass is 539 g/mol. The minimum atomic E-state index is -1.42. The van der Waals surface area contributed by atoms with Gasteiger partial charge in [-0.3, -0.25) is 9.88 Å². The van der Waals surface area contributed by atoms with Crippen LogP contribution in [0.5, 0.6) is 0 Å². The second kappa shape index (κ2) is 10.4. The first-order valence-electron chi connectivity index (χ1n) is 12.4. The van der Waals surface area contributed by atoms with Gasteiger partial charge in [0.15, 0.2) is 17.5 Å². The summed E-state index contributed by atoms with van der Waals surface area (Å²) in [5, 5.41) is 20.8. The highest BCUT2D eigenvalue weighted by molar-refractivity contribution is 5.82. The van der Waals surface area contributed by atoms with E-state index in [1.54, 1.807) is 6.07 Å². The van der Waals surface area contributed by atoms with Crippen LogP contribution in [-0.4, -0.2) is 66.8 Å². The summed E-state index contributed by atoms with van der Waals surface area (Å²) in [6, 6.07) is 7.81. The summed E-state index contributed by atoms with van der Waals surface area (Å²) < 4.78 is 41.3. The van der Waals surface area contributed by atoms with E-state index >= 15 is 0 Å². The summed E-state index contributed by atoms with van der Waals surface area (Å²) in [6.07, 6.45) is 0.197. The van der Waals surface area contributed by atoms with E-state index in [0.717, 1.165) is 6.07 Å². The molecule has 9 nitrogen and oxygen atoms in total. The van der Waals surface area contributed by atoms with Gasteiger partial charge in [-0.25, -0.2) is 28.1 Å². The van der Waals surface area contributed by atoms with Crippen molar-refractivity contribution in [3.63, 3.8) is 0 Å². The number of anilines is 2. The number of nitrogens with zero attached hydrogens (tertiary/aromatic N) is 6. The van der Waals surface area contributed by atoms with E-state index in [0.29, 0.717) is 66.5 Å². The van der Waals surface area contributed by atoms with Gasteiger partial charge in [-0.15, -0.1) is 0 Å². The summed E-state index contributed by atoms with van der Waals surface area (Å²) in [4.78, 5) is 22.0. The number of nitrogen functional groups attached to an aromatic ring is 1. The molecule has 204 valence electrons. The lowest BCUT2D eigenvalue weighted by Crippen LogP contribution is -2.46. The van der Waals surface area contributed by atoms with Crippen LogP contribution < -0.4 is 10.6 Å². The van der Waals surface area contributed by atoms with Crippen molar-refractivity contribution in [3.05, 3.63) is 71.3 Å². The molecular weight excluding hydrogens is 511 g/mol. The van der Waals surface area contributed by atoms with Gasteiger partial charge in [0.1, 0.15) is 28.9 Å². The zero-order valence-corrected chi connectivity index (χ0v) is 21.4.